The predicted molar refractivity (Wildman–Crippen MR) is 130 cm³/mol. The number of allylic oxidation sites excluding steroid dienone is 1. The Hall–Kier alpha value is -0.670. The molecule has 0 amide bonds. The van der Waals surface area contributed by atoms with Crippen LogP contribution in [0.2, 0.25) is 0 Å². The summed E-state index contributed by atoms with van der Waals surface area (Å²) in [7, 11) is 0. The average molecular weight is 445 g/mol. The van der Waals surface area contributed by atoms with E-state index in [1.807, 2.05) is 0 Å². The van der Waals surface area contributed by atoms with Crippen LogP contribution in [0.3, 0.4) is 0 Å². The highest BCUT2D eigenvalue weighted by atomic mass is 16.3. The number of hydrogen-bond donors (Lipinski definition) is 2. The third-order valence-electron chi connectivity index (χ3n) is 11.2. The van der Waals surface area contributed by atoms with Gasteiger partial charge in [0.15, 0.2) is 0 Å². The SMILES string of the molecule is CC(C)C(C)C1CC1C(C)C1CCC(C2CC=C3CC(O)CCC3(C)C2=O)C1(C)CCO. The minimum absolute atomic E-state index is 0.0403. The van der Waals surface area contributed by atoms with E-state index in [1.54, 1.807) is 0 Å². The second-order valence-electron chi connectivity index (χ2n) is 13.0. The molecular formula is C29H48O3. The highest BCUT2D eigenvalue weighted by molar-refractivity contribution is 5.91. The smallest absolute Gasteiger partial charge is 0.146 e. The van der Waals surface area contributed by atoms with Crippen molar-refractivity contribution in [2.75, 3.05) is 6.61 Å². The Bertz CT molecular complexity index is 741. The summed E-state index contributed by atoms with van der Waals surface area (Å²) in [4.78, 5) is 13.9. The highest BCUT2D eigenvalue weighted by Crippen LogP contribution is 2.63. The first-order valence-electron chi connectivity index (χ1n) is 13.6. The van der Waals surface area contributed by atoms with Crippen molar-refractivity contribution in [3.8, 4) is 0 Å². The van der Waals surface area contributed by atoms with E-state index < -0.39 is 0 Å². The van der Waals surface area contributed by atoms with Crippen molar-refractivity contribution >= 4 is 5.78 Å². The summed E-state index contributed by atoms with van der Waals surface area (Å²) in [5.41, 5.74) is 0.853. The van der Waals surface area contributed by atoms with Crippen molar-refractivity contribution < 1.29 is 15.0 Å². The number of fused-ring (bicyclic) bond motifs is 1. The molecule has 2 N–H and O–H groups in total. The molecule has 10 unspecified atom stereocenters. The molecule has 0 heterocycles. The molecule has 4 aliphatic carbocycles. The van der Waals surface area contributed by atoms with Gasteiger partial charge in [-0.2, -0.15) is 0 Å². The summed E-state index contributed by atoms with van der Waals surface area (Å²) in [5, 5.41) is 20.2. The Labute approximate surface area is 196 Å². The van der Waals surface area contributed by atoms with Crippen LogP contribution in [0, 0.1) is 58.2 Å². The molecular weight excluding hydrogens is 396 g/mol. The first kappa shape index (κ1) is 24.5. The topological polar surface area (TPSA) is 57.5 Å². The molecule has 3 heteroatoms. The van der Waals surface area contributed by atoms with Crippen LogP contribution in [0.5, 0.6) is 0 Å². The van der Waals surface area contributed by atoms with Gasteiger partial charge in [-0.15, -0.1) is 0 Å². The standard InChI is InChI=1S/C29H48O3/c1-17(2)18(3)23-16-24(23)19(4)25-9-10-26(29(25,6)13-14-30)22-8-7-20-15-21(31)11-12-28(20,5)27(22)32/h7,17-19,21-26,30-31H,8-16H2,1-6H3. The summed E-state index contributed by atoms with van der Waals surface area (Å²) in [6.45, 7) is 14.4. The van der Waals surface area contributed by atoms with Crippen LogP contribution in [0.25, 0.3) is 0 Å². The van der Waals surface area contributed by atoms with Gasteiger partial charge in [0.1, 0.15) is 5.78 Å². The third kappa shape index (κ3) is 3.94. The lowest BCUT2D eigenvalue weighted by atomic mass is 9.55. The molecule has 32 heavy (non-hydrogen) atoms. The number of carbonyl (C=O) groups is 1. The summed E-state index contributed by atoms with van der Waals surface area (Å²) >= 11 is 0. The molecule has 4 rings (SSSR count). The molecule has 3 saturated carbocycles. The molecule has 0 aromatic heterocycles. The van der Waals surface area contributed by atoms with Gasteiger partial charge in [-0.3, -0.25) is 4.79 Å². The lowest BCUT2D eigenvalue weighted by Gasteiger charge is -2.48. The maximum atomic E-state index is 13.9. The molecule has 3 nitrogen and oxygen atoms in total. The van der Waals surface area contributed by atoms with E-state index in [0.29, 0.717) is 30.0 Å². The molecule has 0 spiro atoms. The zero-order valence-electron chi connectivity index (χ0n) is 21.4. The zero-order chi connectivity index (χ0) is 23.4. The van der Waals surface area contributed by atoms with Gasteiger partial charge < -0.3 is 10.2 Å². The fourth-order valence-electron chi connectivity index (χ4n) is 8.59. The maximum Gasteiger partial charge on any atom is 0.146 e. The minimum atomic E-state index is -0.375. The van der Waals surface area contributed by atoms with E-state index in [4.69, 9.17) is 0 Å². The summed E-state index contributed by atoms with van der Waals surface area (Å²) in [6.07, 6.45) is 9.58. The average Bonchev–Trinajstić information content (AvgIpc) is 3.47. The molecule has 0 aromatic rings. The molecule has 0 aromatic carbocycles. The largest absolute Gasteiger partial charge is 0.396 e. The van der Waals surface area contributed by atoms with Crippen LogP contribution in [0.15, 0.2) is 11.6 Å². The van der Waals surface area contributed by atoms with Gasteiger partial charge in [0.05, 0.1) is 6.10 Å². The van der Waals surface area contributed by atoms with Gasteiger partial charge in [0.25, 0.3) is 0 Å². The Balaban J connectivity index is 1.55. The number of hydrogen-bond acceptors (Lipinski definition) is 3. The number of aliphatic hydroxyl groups excluding tert-OH is 2. The molecule has 0 radical (unpaired) electrons. The van der Waals surface area contributed by atoms with Crippen molar-refractivity contribution in [2.45, 2.75) is 99.0 Å². The van der Waals surface area contributed by atoms with Crippen molar-refractivity contribution in [1.29, 1.82) is 0 Å². The van der Waals surface area contributed by atoms with Crippen molar-refractivity contribution in [3.05, 3.63) is 11.6 Å². The molecule has 4 aliphatic rings. The first-order chi connectivity index (χ1) is 15.0. The lowest BCUT2D eigenvalue weighted by Crippen LogP contribution is -2.47. The maximum absolute atomic E-state index is 13.9. The summed E-state index contributed by atoms with van der Waals surface area (Å²) in [5.74, 6) is 5.37. The molecule has 0 bridgehead atoms. The van der Waals surface area contributed by atoms with E-state index in [0.717, 1.165) is 55.8 Å². The number of carbonyl (C=O) groups excluding carboxylic acids is 1. The van der Waals surface area contributed by atoms with Crippen LogP contribution < -0.4 is 0 Å². The third-order valence-corrected chi connectivity index (χ3v) is 11.2. The fourth-order valence-corrected chi connectivity index (χ4v) is 8.59. The quantitative estimate of drug-likeness (QED) is 0.471. The Morgan fingerprint density at radius 2 is 1.81 bits per heavy atom. The van der Waals surface area contributed by atoms with Gasteiger partial charge >= 0.3 is 0 Å². The fraction of sp³-hybridized carbons (Fsp3) is 0.897. The Morgan fingerprint density at radius 3 is 2.47 bits per heavy atom. The van der Waals surface area contributed by atoms with Crippen LogP contribution in [0.4, 0.5) is 0 Å². The van der Waals surface area contributed by atoms with E-state index in [1.165, 1.54) is 18.4 Å². The number of ketones is 1. The molecule has 3 fully saturated rings. The second-order valence-corrected chi connectivity index (χ2v) is 13.0. The van der Waals surface area contributed by atoms with Crippen molar-refractivity contribution in [1.82, 2.24) is 0 Å². The zero-order valence-corrected chi connectivity index (χ0v) is 21.4. The first-order valence-corrected chi connectivity index (χ1v) is 13.6. The van der Waals surface area contributed by atoms with Gasteiger partial charge in [0.2, 0.25) is 0 Å². The van der Waals surface area contributed by atoms with E-state index in [2.05, 4.69) is 47.6 Å². The van der Waals surface area contributed by atoms with Crippen molar-refractivity contribution in [2.24, 2.45) is 58.2 Å². The number of rotatable bonds is 7. The predicted octanol–water partition coefficient (Wildman–Crippen LogP) is 6.03. The summed E-state index contributed by atoms with van der Waals surface area (Å²) in [6, 6.07) is 0. The minimum Gasteiger partial charge on any atom is -0.396 e. The van der Waals surface area contributed by atoms with Crippen LogP contribution in [0.1, 0.15) is 92.9 Å². The van der Waals surface area contributed by atoms with Crippen LogP contribution in [-0.4, -0.2) is 28.7 Å². The van der Waals surface area contributed by atoms with E-state index in [9.17, 15) is 15.0 Å². The van der Waals surface area contributed by atoms with Gasteiger partial charge in [-0.1, -0.05) is 46.3 Å². The number of Topliss-reactive ketones (excluding diaryl/α,β-unsaturated/α-hetero) is 1. The van der Waals surface area contributed by atoms with Crippen LogP contribution >= 0.6 is 0 Å². The Morgan fingerprint density at radius 1 is 1.09 bits per heavy atom. The van der Waals surface area contributed by atoms with Gasteiger partial charge in [-0.25, -0.2) is 0 Å². The molecule has 10 atom stereocenters. The van der Waals surface area contributed by atoms with E-state index >= 15 is 0 Å². The second kappa shape index (κ2) is 8.84. The van der Waals surface area contributed by atoms with Gasteiger partial charge in [0, 0.05) is 17.9 Å². The lowest BCUT2D eigenvalue weighted by molar-refractivity contribution is -0.136. The van der Waals surface area contributed by atoms with Crippen LogP contribution in [-0.2, 0) is 4.79 Å². The highest BCUT2D eigenvalue weighted by Gasteiger charge is 2.58. The molecule has 0 saturated heterocycles. The van der Waals surface area contributed by atoms with Crippen molar-refractivity contribution in [3.63, 3.8) is 0 Å². The van der Waals surface area contributed by atoms with Gasteiger partial charge in [-0.05, 0) is 105 Å². The van der Waals surface area contributed by atoms with E-state index in [-0.39, 0.29) is 29.5 Å². The monoisotopic (exact) mass is 444 g/mol. The molecule has 182 valence electrons. The molecule has 0 aliphatic heterocycles. The summed E-state index contributed by atoms with van der Waals surface area (Å²) < 4.78 is 0. The normalized spacial score (nSPS) is 46.0. The Kier molecular flexibility index (Phi) is 6.75. The number of aliphatic hydroxyl groups is 2.